The van der Waals surface area contributed by atoms with Crippen LogP contribution in [0.15, 0.2) is 18.2 Å². The maximum absolute atomic E-state index is 11.0. The zero-order chi connectivity index (χ0) is 12.3. The third-order valence-corrected chi connectivity index (χ3v) is 3.44. The Morgan fingerprint density at radius 1 is 1.65 bits per heavy atom. The van der Waals surface area contributed by atoms with Gasteiger partial charge in [-0.1, -0.05) is 17.4 Å². The number of thiazole rings is 1. The lowest BCUT2D eigenvalue weighted by Crippen LogP contribution is -2.07. The predicted molar refractivity (Wildman–Crippen MR) is 68.1 cm³/mol. The number of benzene rings is 1. The van der Waals surface area contributed by atoms with E-state index in [1.165, 1.54) is 11.3 Å². The van der Waals surface area contributed by atoms with Gasteiger partial charge in [0.15, 0.2) is 5.13 Å². The highest BCUT2D eigenvalue weighted by molar-refractivity contribution is 7.22. The molecule has 3 N–H and O–H groups in total. The van der Waals surface area contributed by atoms with Crippen molar-refractivity contribution in [2.75, 3.05) is 19.1 Å². The number of hydrazine groups is 1. The Bertz CT molecular complexity index is 526. The summed E-state index contributed by atoms with van der Waals surface area (Å²) in [5.74, 6) is 5.06. The van der Waals surface area contributed by atoms with Gasteiger partial charge in [0, 0.05) is 7.11 Å². The van der Waals surface area contributed by atoms with Gasteiger partial charge in [-0.15, -0.1) is 0 Å². The minimum absolute atomic E-state index is 0.250. The number of ether oxygens (including phenoxy) is 1. The van der Waals surface area contributed by atoms with E-state index in [-0.39, 0.29) is 5.92 Å². The Morgan fingerprint density at radius 2 is 2.47 bits per heavy atom. The lowest BCUT2D eigenvalue weighted by Gasteiger charge is -2.08. The van der Waals surface area contributed by atoms with Crippen LogP contribution in [0.2, 0.25) is 0 Å². The lowest BCUT2D eigenvalue weighted by atomic mass is 10.0. The van der Waals surface area contributed by atoms with Gasteiger partial charge in [0.1, 0.15) is 6.29 Å². The Balaban J connectivity index is 2.38. The number of aromatic nitrogens is 1. The van der Waals surface area contributed by atoms with Gasteiger partial charge in [0.05, 0.1) is 22.7 Å². The van der Waals surface area contributed by atoms with Gasteiger partial charge in [-0.2, -0.15) is 0 Å². The minimum Gasteiger partial charge on any atom is -0.384 e. The van der Waals surface area contributed by atoms with E-state index in [2.05, 4.69) is 10.4 Å². The van der Waals surface area contributed by atoms with Gasteiger partial charge in [-0.05, 0) is 17.7 Å². The van der Waals surface area contributed by atoms with Gasteiger partial charge in [0.2, 0.25) is 0 Å². The van der Waals surface area contributed by atoms with E-state index < -0.39 is 0 Å². The van der Waals surface area contributed by atoms with E-state index in [9.17, 15) is 4.79 Å². The molecule has 0 radical (unpaired) electrons. The van der Waals surface area contributed by atoms with E-state index in [1.807, 2.05) is 18.2 Å². The van der Waals surface area contributed by atoms with Crippen LogP contribution >= 0.6 is 11.3 Å². The molecule has 2 rings (SSSR count). The van der Waals surface area contributed by atoms with Gasteiger partial charge >= 0.3 is 0 Å². The Labute approximate surface area is 103 Å². The zero-order valence-electron chi connectivity index (χ0n) is 9.34. The normalized spacial score (nSPS) is 12.6. The average Bonchev–Trinajstić information content (AvgIpc) is 2.77. The van der Waals surface area contributed by atoms with Crippen molar-refractivity contribution >= 4 is 33.0 Å². The smallest absolute Gasteiger partial charge is 0.198 e. The SMILES string of the molecule is COCC(C=O)c1ccc2sc(NN)nc2c1. The fraction of sp³-hybridized carbons (Fsp3) is 0.273. The summed E-state index contributed by atoms with van der Waals surface area (Å²) >= 11 is 1.47. The Hall–Kier alpha value is -1.50. The molecule has 0 bridgehead atoms. The quantitative estimate of drug-likeness (QED) is 0.478. The van der Waals surface area contributed by atoms with Crippen molar-refractivity contribution in [1.29, 1.82) is 0 Å². The molecule has 5 nitrogen and oxygen atoms in total. The molecule has 6 heteroatoms. The van der Waals surface area contributed by atoms with Crippen LogP contribution in [0.1, 0.15) is 11.5 Å². The van der Waals surface area contributed by atoms with E-state index >= 15 is 0 Å². The fourth-order valence-corrected chi connectivity index (χ4v) is 2.39. The van der Waals surface area contributed by atoms with Gasteiger partial charge in [0.25, 0.3) is 0 Å². The van der Waals surface area contributed by atoms with E-state index in [4.69, 9.17) is 10.6 Å². The number of anilines is 1. The maximum Gasteiger partial charge on any atom is 0.198 e. The molecule has 1 atom stereocenters. The summed E-state index contributed by atoms with van der Waals surface area (Å²) in [6.07, 6.45) is 0.888. The third-order valence-electron chi connectivity index (χ3n) is 2.47. The second-order valence-corrected chi connectivity index (χ2v) is 4.62. The fourth-order valence-electron chi connectivity index (χ4n) is 1.63. The number of nitrogens with two attached hydrogens (primary N) is 1. The number of nitrogen functional groups attached to an aromatic ring is 1. The summed E-state index contributed by atoms with van der Waals surface area (Å²) in [4.78, 5) is 15.3. The molecule has 2 aromatic rings. The van der Waals surface area contributed by atoms with Crippen LogP contribution in [0.4, 0.5) is 5.13 Å². The van der Waals surface area contributed by atoms with Crippen molar-refractivity contribution in [3.63, 3.8) is 0 Å². The van der Waals surface area contributed by atoms with E-state index in [0.717, 1.165) is 22.1 Å². The summed E-state index contributed by atoms with van der Waals surface area (Å²) < 4.78 is 6.04. The summed E-state index contributed by atoms with van der Waals surface area (Å²) in [5.41, 5.74) is 4.26. The number of nitrogens with one attached hydrogen (secondary N) is 1. The molecule has 1 aromatic heterocycles. The molecule has 0 spiro atoms. The lowest BCUT2D eigenvalue weighted by molar-refractivity contribution is -0.110. The van der Waals surface area contributed by atoms with Crippen LogP contribution in [-0.4, -0.2) is 25.0 Å². The third kappa shape index (κ3) is 2.44. The first kappa shape index (κ1) is 12.0. The maximum atomic E-state index is 11.0. The first-order valence-electron chi connectivity index (χ1n) is 5.10. The summed E-state index contributed by atoms with van der Waals surface area (Å²) in [6.45, 7) is 0.376. The topological polar surface area (TPSA) is 77.2 Å². The standard InChI is InChI=1S/C11H13N3O2S/c1-16-6-8(5-15)7-2-3-10-9(4-7)13-11(14-12)17-10/h2-5,8H,6,12H2,1H3,(H,13,14). The predicted octanol–water partition coefficient (Wildman–Crippen LogP) is 1.51. The van der Waals surface area contributed by atoms with Gasteiger partial charge < -0.3 is 9.53 Å². The first-order valence-corrected chi connectivity index (χ1v) is 5.91. The number of nitrogens with zero attached hydrogens (tertiary/aromatic N) is 1. The molecule has 1 aromatic carbocycles. The van der Waals surface area contributed by atoms with Crippen LogP contribution in [0.25, 0.3) is 10.2 Å². The monoisotopic (exact) mass is 251 g/mol. The molecule has 0 aliphatic heterocycles. The highest BCUT2D eigenvalue weighted by Gasteiger charge is 2.12. The van der Waals surface area contributed by atoms with Crippen molar-refractivity contribution in [3.8, 4) is 0 Å². The number of fused-ring (bicyclic) bond motifs is 1. The van der Waals surface area contributed by atoms with E-state index in [1.54, 1.807) is 7.11 Å². The number of carbonyl (C=O) groups is 1. The number of hydrogen-bond donors (Lipinski definition) is 2. The summed E-state index contributed by atoms with van der Waals surface area (Å²) in [5, 5.41) is 0.659. The number of carbonyl (C=O) groups excluding carboxylic acids is 1. The molecule has 0 amide bonds. The number of hydrogen-bond acceptors (Lipinski definition) is 6. The number of methoxy groups -OCH3 is 1. The molecule has 0 saturated heterocycles. The Kier molecular flexibility index (Phi) is 3.68. The molecule has 90 valence electrons. The molecule has 17 heavy (non-hydrogen) atoms. The van der Waals surface area contributed by atoms with Crippen molar-refractivity contribution in [2.45, 2.75) is 5.92 Å². The number of rotatable bonds is 5. The van der Waals surface area contributed by atoms with Gasteiger partial charge in [-0.3, -0.25) is 5.43 Å². The first-order chi connectivity index (χ1) is 8.28. The molecular formula is C11H13N3O2S. The second-order valence-electron chi connectivity index (χ2n) is 3.59. The molecule has 0 aliphatic rings. The number of aldehydes is 1. The van der Waals surface area contributed by atoms with Gasteiger partial charge in [-0.25, -0.2) is 10.8 Å². The highest BCUT2D eigenvalue weighted by Crippen LogP contribution is 2.27. The molecule has 0 aliphatic carbocycles. The van der Waals surface area contributed by atoms with Crippen molar-refractivity contribution in [2.24, 2.45) is 5.84 Å². The van der Waals surface area contributed by atoms with E-state index in [0.29, 0.717) is 11.7 Å². The molecule has 1 unspecified atom stereocenters. The molecule has 0 saturated carbocycles. The van der Waals surface area contributed by atoms with Crippen LogP contribution in [0, 0.1) is 0 Å². The highest BCUT2D eigenvalue weighted by atomic mass is 32.1. The van der Waals surface area contributed by atoms with Crippen molar-refractivity contribution < 1.29 is 9.53 Å². The van der Waals surface area contributed by atoms with Crippen molar-refractivity contribution in [1.82, 2.24) is 4.98 Å². The van der Waals surface area contributed by atoms with Crippen LogP contribution in [0.3, 0.4) is 0 Å². The van der Waals surface area contributed by atoms with Crippen molar-refractivity contribution in [3.05, 3.63) is 23.8 Å². The largest absolute Gasteiger partial charge is 0.384 e. The Morgan fingerprint density at radius 3 is 3.12 bits per heavy atom. The molecular weight excluding hydrogens is 238 g/mol. The summed E-state index contributed by atoms with van der Waals surface area (Å²) in [6, 6.07) is 5.75. The second kappa shape index (κ2) is 5.22. The zero-order valence-corrected chi connectivity index (χ0v) is 10.2. The molecule has 0 fully saturated rings. The van der Waals surface area contributed by atoms with Crippen LogP contribution in [-0.2, 0) is 9.53 Å². The molecule has 1 heterocycles. The minimum atomic E-state index is -0.250. The van der Waals surface area contributed by atoms with Crippen LogP contribution in [0.5, 0.6) is 0 Å². The summed E-state index contributed by atoms with van der Waals surface area (Å²) in [7, 11) is 1.58. The average molecular weight is 251 g/mol. The van der Waals surface area contributed by atoms with Crippen LogP contribution < -0.4 is 11.3 Å².